The normalized spacial score (nSPS) is 10.4. The Morgan fingerprint density at radius 1 is 1.19 bits per heavy atom. The van der Waals surface area contributed by atoms with Crippen LogP contribution in [0.3, 0.4) is 0 Å². The van der Waals surface area contributed by atoms with Gasteiger partial charge in [0.15, 0.2) is 0 Å². The van der Waals surface area contributed by atoms with E-state index in [0.717, 1.165) is 0 Å². The molecule has 0 fully saturated rings. The first kappa shape index (κ1) is 12.9. The van der Waals surface area contributed by atoms with Crippen LogP contribution in [0.4, 0.5) is 4.39 Å². The highest BCUT2D eigenvalue weighted by Crippen LogP contribution is 2.15. The summed E-state index contributed by atoms with van der Waals surface area (Å²) < 4.78 is 23.3. The van der Waals surface area contributed by atoms with E-state index in [1.54, 1.807) is 6.07 Å². The van der Waals surface area contributed by atoms with Gasteiger partial charge in [-0.05, 0) is 17.7 Å². The Balaban J connectivity index is 2.38. The van der Waals surface area contributed by atoms with Crippen LogP contribution in [0.15, 0.2) is 18.2 Å². The second kappa shape index (κ2) is 7.16. The molecule has 0 bridgehead atoms. The number of ether oxygens (including phenoxy) is 2. The second-order valence-electron chi connectivity index (χ2n) is 3.18. The molecular formula is C11H16FNO3. The minimum atomic E-state index is -0.366. The Kier molecular flexibility index (Phi) is 5.77. The third kappa shape index (κ3) is 4.57. The lowest BCUT2D eigenvalue weighted by molar-refractivity contribution is 0.0704. The Hall–Kier alpha value is -1.17. The number of benzene rings is 1. The maximum absolute atomic E-state index is 13.0. The molecule has 4 nitrogen and oxygen atoms in total. The van der Waals surface area contributed by atoms with E-state index in [-0.39, 0.29) is 25.6 Å². The first-order valence-electron chi connectivity index (χ1n) is 5.07. The summed E-state index contributed by atoms with van der Waals surface area (Å²) in [7, 11) is 0. The fourth-order valence-electron chi connectivity index (χ4n) is 1.21. The molecule has 0 amide bonds. The van der Waals surface area contributed by atoms with Gasteiger partial charge in [-0.1, -0.05) is 0 Å². The molecule has 1 aromatic rings. The predicted octanol–water partition coefficient (Wildman–Crippen LogP) is 0.672. The SMILES string of the molecule is NCc1cc(F)cc(OCCOCCO)c1. The Labute approximate surface area is 93.8 Å². The molecule has 0 saturated carbocycles. The molecule has 3 N–H and O–H groups in total. The number of nitrogens with two attached hydrogens (primary N) is 1. The molecule has 0 aliphatic heterocycles. The first-order valence-corrected chi connectivity index (χ1v) is 5.07. The zero-order valence-corrected chi connectivity index (χ0v) is 8.99. The summed E-state index contributed by atoms with van der Waals surface area (Å²) in [6.07, 6.45) is 0. The van der Waals surface area contributed by atoms with Gasteiger partial charge in [-0.2, -0.15) is 0 Å². The van der Waals surface area contributed by atoms with Gasteiger partial charge in [0.1, 0.15) is 18.2 Å². The van der Waals surface area contributed by atoms with Crippen LogP contribution in [0.5, 0.6) is 5.75 Å². The molecule has 0 heterocycles. The summed E-state index contributed by atoms with van der Waals surface area (Å²) in [6.45, 7) is 1.20. The van der Waals surface area contributed by atoms with Crippen molar-refractivity contribution in [3.63, 3.8) is 0 Å². The van der Waals surface area contributed by atoms with Crippen molar-refractivity contribution in [2.24, 2.45) is 5.73 Å². The van der Waals surface area contributed by atoms with E-state index in [0.29, 0.717) is 24.5 Å². The lowest BCUT2D eigenvalue weighted by Gasteiger charge is -2.08. The molecule has 1 aromatic carbocycles. The van der Waals surface area contributed by atoms with Gasteiger partial charge in [-0.15, -0.1) is 0 Å². The molecule has 1 rings (SSSR count). The topological polar surface area (TPSA) is 64.7 Å². The number of halogens is 1. The molecule has 0 saturated heterocycles. The van der Waals surface area contributed by atoms with Gasteiger partial charge < -0.3 is 20.3 Å². The van der Waals surface area contributed by atoms with Crippen LogP contribution in [0.25, 0.3) is 0 Å². The van der Waals surface area contributed by atoms with Crippen molar-refractivity contribution in [2.45, 2.75) is 6.54 Å². The van der Waals surface area contributed by atoms with Gasteiger partial charge in [0.25, 0.3) is 0 Å². The van der Waals surface area contributed by atoms with Gasteiger partial charge in [0, 0.05) is 12.6 Å². The maximum atomic E-state index is 13.0. The smallest absolute Gasteiger partial charge is 0.127 e. The Bertz CT molecular complexity index is 320. The van der Waals surface area contributed by atoms with Crippen molar-refractivity contribution in [3.8, 4) is 5.75 Å². The van der Waals surface area contributed by atoms with Crippen LogP contribution in [-0.4, -0.2) is 31.5 Å². The van der Waals surface area contributed by atoms with Gasteiger partial charge in [0.2, 0.25) is 0 Å². The van der Waals surface area contributed by atoms with Gasteiger partial charge in [-0.3, -0.25) is 0 Å². The third-order valence-electron chi connectivity index (χ3n) is 1.90. The Morgan fingerprint density at radius 3 is 2.69 bits per heavy atom. The van der Waals surface area contributed by atoms with E-state index >= 15 is 0 Å². The van der Waals surface area contributed by atoms with Crippen molar-refractivity contribution in [3.05, 3.63) is 29.6 Å². The molecule has 0 aliphatic carbocycles. The fourth-order valence-corrected chi connectivity index (χ4v) is 1.21. The van der Waals surface area contributed by atoms with Crippen LogP contribution in [0.1, 0.15) is 5.56 Å². The quantitative estimate of drug-likeness (QED) is 0.674. The number of hydrogen-bond donors (Lipinski definition) is 2. The minimum absolute atomic E-state index is 0.0166. The number of aliphatic hydroxyl groups is 1. The highest BCUT2D eigenvalue weighted by molar-refractivity contribution is 5.29. The van der Waals surface area contributed by atoms with Crippen molar-refractivity contribution in [2.75, 3.05) is 26.4 Å². The molecule has 0 unspecified atom stereocenters. The van der Waals surface area contributed by atoms with E-state index in [1.807, 2.05) is 0 Å². The highest BCUT2D eigenvalue weighted by Gasteiger charge is 2.00. The molecule has 0 aromatic heterocycles. The predicted molar refractivity (Wildman–Crippen MR) is 57.7 cm³/mol. The molecule has 16 heavy (non-hydrogen) atoms. The van der Waals surface area contributed by atoms with Crippen LogP contribution < -0.4 is 10.5 Å². The minimum Gasteiger partial charge on any atom is -0.491 e. The monoisotopic (exact) mass is 229 g/mol. The van der Waals surface area contributed by atoms with Crippen molar-refractivity contribution in [1.29, 1.82) is 0 Å². The van der Waals surface area contributed by atoms with Crippen LogP contribution in [-0.2, 0) is 11.3 Å². The standard InChI is InChI=1S/C11H16FNO3/c12-10-5-9(8-13)6-11(7-10)16-4-3-15-2-1-14/h5-7,14H,1-4,8,13H2. The van der Waals surface area contributed by atoms with E-state index in [1.165, 1.54) is 12.1 Å². The molecule has 0 aliphatic rings. The second-order valence-corrected chi connectivity index (χ2v) is 3.18. The number of rotatable bonds is 7. The Morgan fingerprint density at radius 2 is 2.00 bits per heavy atom. The lowest BCUT2D eigenvalue weighted by atomic mass is 10.2. The zero-order valence-electron chi connectivity index (χ0n) is 8.99. The average Bonchev–Trinajstić information content (AvgIpc) is 2.28. The van der Waals surface area contributed by atoms with Gasteiger partial charge >= 0.3 is 0 Å². The summed E-state index contributed by atoms with van der Waals surface area (Å²) in [6, 6.07) is 4.36. The highest BCUT2D eigenvalue weighted by atomic mass is 19.1. The molecule has 90 valence electrons. The zero-order chi connectivity index (χ0) is 11.8. The van der Waals surface area contributed by atoms with Crippen molar-refractivity contribution >= 4 is 0 Å². The summed E-state index contributed by atoms with van der Waals surface area (Å²) in [4.78, 5) is 0. The first-order chi connectivity index (χ1) is 7.76. The van der Waals surface area contributed by atoms with Gasteiger partial charge in [0.05, 0.1) is 19.8 Å². The third-order valence-corrected chi connectivity index (χ3v) is 1.90. The summed E-state index contributed by atoms with van der Waals surface area (Å²) in [5, 5.41) is 8.46. The molecule has 0 atom stereocenters. The van der Waals surface area contributed by atoms with Crippen LogP contribution in [0.2, 0.25) is 0 Å². The van der Waals surface area contributed by atoms with Crippen molar-refractivity contribution in [1.82, 2.24) is 0 Å². The maximum Gasteiger partial charge on any atom is 0.127 e. The summed E-state index contributed by atoms with van der Waals surface area (Å²) >= 11 is 0. The molecule has 0 radical (unpaired) electrons. The lowest BCUT2D eigenvalue weighted by Crippen LogP contribution is -2.09. The number of hydrogen-bond acceptors (Lipinski definition) is 4. The fraction of sp³-hybridized carbons (Fsp3) is 0.455. The van der Waals surface area contributed by atoms with E-state index < -0.39 is 0 Å². The van der Waals surface area contributed by atoms with Crippen molar-refractivity contribution < 1.29 is 19.0 Å². The van der Waals surface area contributed by atoms with Crippen LogP contribution >= 0.6 is 0 Å². The average molecular weight is 229 g/mol. The van der Waals surface area contributed by atoms with Crippen LogP contribution in [0, 0.1) is 5.82 Å². The largest absolute Gasteiger partial charge is 0.491 e. The summed E-state index contributed by atoms with van der Waals surface area (Å²) in [5.41, 5.74) is 6.09. The van der Waals surface area contributed by atoms with E-state index in [2.05, 4.69) is 0 Å². The molecular weight excluding hydrogens is 213 g/mol. The van der Waals surface area contributed by atoms with Gasteiger partial charge in [-0.25, -0.2) is 4.39 Å². The van der Waals surface area contributed by atoms with E-state index in [9.17, 15) is 4.39 Å². The molecule has 5 heteroatoms. The summed E-state index contributed by atoms with van der Waals surface area (Å²) in [5.74, 6) is 0.0716. The number of aliphatic hydroxyl groups excluding tert-OH is 1. The molecule has 0 spiro atoms. The van der Waals surface area contributed by atoms with E-state index in [4.69, 9.17) is 20.3 Å².